The van der Waals surface area contributed by atoms with E-state index in [-0.39, 0.29) is 5.41 Å². The van der Waals surface area contributed by atoms with Gasteiger partial charge in [-0.15, -0.1) is 0 Å². The van der Waals surface area contributed by atoms with Gasteiger partial charge in [0.2, 0.25) is 0 Å². The summed E-state index contributed by atoms with van der Waals surface area (Å²) in [6.07, 6.45) is 8.72. The third kappa shape index (κ3) is 1.45. The van der Waals surface area contributed by atoms with Gasteiger partial charge in [-0.1, -0.05) is 43.7 Å². The molecule has 1 aliphatic carbocycles. The zero-order chi connectivity index (χ0) is 8.48. The van der Waals surface area contributed by atoms with E-state index in [4.69, 9.17) is 0 Å². The molecule has 0 bridgehead atoms. The van der Waals surface area contributed by atoms with Crippen LogP contribution in [-0.2, 0) is 0 Å². The molecule has 0 heteroatoms. The summed E-state index contributed by atoms with van der Waals surface area (Å²) in [5.74, 6) is 0. The lowest BCUT2D eigenvalue weighted by atomic mass is 9.87. The van der Waals surface area contributed by atoms with E-state index in [0.29, 0.717) is 0 Å². The average molecular weight is 148 g/mol. The maximum Gasteiger partial charge on any atom is 0.00437 e. The van der Waals surface area contributed by atoms with Crippen molar-refractivity contribution in [1.29, 1.82) is 0 Å². The van der Waals surface area contributed by atoms with Gasteiger partial charge in [-0.3, -0.25) is 0 Å². The van der Waals surface area contributed by atoms with Gasteiger partial charge in [0.25, 0.3) is 0 Å². The topological polar surface area (TPSA) is 0 Å². The minimum absolute atomic E-state index is 0.273. The first-order valence-corrected chi connectivity index (χ1v) is 4.11. The molecule has 0 aromatic carbocycles. The van der Waals surface area contributed by atoms with Gasteiger partial charge in [-0.2, -0.15) is 0 Å². The minimum Gasteiger partial charge on any atom is -0.0871 e. The Morgan fingerprint density at radius 1 is 1.36 bits per heavy atom. The van der Waals surface area contributed by atoms with Crippen LogP contribution in [-0.4, -0.2) is 0 Å². The summed E-state index contributed by atoms with van der Waals surface area (Å²) in [5.41, 5.74) is 3.11. The fourth-order valence-electron chi connectivity index (χ4n) is 1.28. The van der Waals surface area contributed by atoms with Crippen molar-refractivity contribution in [3.05, 3.63) is 35.5 Å². The summed E-state index contributed by atoms with van der Waals surface area (Å²) in [4.78, 5) is 0. The first-order chi connectivity index (χ1) is 5.08. The highest BCUT2D eigenvalue weighted by molar-refractivity contribution is 5.45. The summed E-state index contributed by atoms with van der Waals surface area (Å²) in [6.45, 7) is 8.75. The van der Waals surface area contributed by atoms with Gasteiger partial charge in [0.05, 0.1) is 0 Å². The molecule has 0 aromatic heterocycles. The maximum absolute atomic E-state index is 2.26. The second kappa shape index (κ2) is 2.69. The van der Waals surface area contributed by atoms with E-state index >= 15 is 0 Å². The Morgan fingerprint density at radius 3 is 2.36 bits per heavy atom. The van der Waals surface area contributed by atoms with Crippen LogP contribution in [0.3, 0.4) is 0 Å². The monoisotopic (exact) mass is 148 g/mol. The Bertz CT molecular complexity index is 237. The summed E-state index contributed by atoms with van der Waals surface area (Å²) in [6, 6.07) is 0. The van der Waals surface area contributed by atoms with Crippen LogP contribution in [0.4, 0.5) is 0 Å². The molecule has 0 atom stereocenters. The summed E-state index contributed by atoms with van der Waals surface area (Å²) < 4.78 is 0. The number of hydrogen-bond donors (Lipinski definition) is 0. The molecule has 1 aliphatic rings. The van der Waals surface area contributed by atoms with Crippen LogP contribution in [0, 0.1) is 5.41 Å². The maximum atomic E-state index is 2.26. The molecule has 0 saturated heterocycles. The Labute approximate surface area is 69.3 Å². The van der Waals surface area contributed by atoms with E-state index in [9.17, 15) is 0 Å². The number of hydrogen-bond acceptors (Lipinski definition) is 0. The Morgan fingerprint density at radius 2 is 2.00 bits per heavy atom. The third-order valence-corrected chi connectivity index (χ3v) is 2.43. The van der Waals surface area contributed by atoms with Crippen LogP contribution in [0.5, 0.6) is 0 Å². The molecule has 60 valence electrons. The lowest BCUT2D eigenvalue weighted by Crippen LogP contribution is -2.05. The van der Waals surface area contributed by atoms with E-state index in [2.05, 4.69) is 52.0 Å². The molecule has 1 rings (SSSR count). The van der Waals surface area contributed by atoms with Crippen molar-refractivity contribution in [2.45, 2.75) is 27.7 Å². The molecule has 0 nitrogen and oxygen atoms in total. The molecule has 0 aromatic rings. The molecular formula is C11H16. The van der Waals surface area contributed by atoms with Crippen molar-refractivity contribution in [1.82, 2.24) is 0 Å². The van der Waals surface area contributed by atoms with Crippen LogP contribution < -0.4 is 0 Å². The predicted octanol–water partition coefficient (Wildman–Crippen LogP) is 3.48. The molecule has 0 spiro atoms. The highest BCUT2D eigenvalue weighted by Crippen LogP contribution is 2.36. The fraction of sp³-hybridized carbons (Fsp3) is 0.455. The van der Waals surface area contributed by atoms with Crippen molar-refractivity contribution < 1.29 is 0 Å². The van der Waals surface area contributed by atoms with Gasteiger partial charge >= 0.3 is 0 Å². The first-order valence-electron chi connectivity index (χ1n) is 4.11. The van der Waals surface area contributed by atoms with E-state index in [1.165, 1.54) is 11.1 Å². The molecule has 0 aliphatic heterocycles. The van der Waals surface area contributed by atoms with E-state index in [1.54, 1.807) is 0 Å². The van der Waals surface area contributed by atoms with Gasteiger partial charge < -0.3 is 0 Å². The SMILES string of the molecule is C/C=C\C1=C(C)C(C)(C)C=C1. The molecule has 0 saturated carbocycles. The van der Waals surface area contributed by atoms with E-state index in [1.807, 2.05) is 0 Å². The van der Waals surface area contributed by atoms with Gasteiger partial charge in [0.15, 0.2) is 0 Å². The lowest BCUT2D eigenvalue weighted by Gasteiger charge is -2.17. The van der Waals surface area contributed by atoms with Crippen molar-refractivity contribution in [2.75, 3.05) is 0 Å². The van der Waals surface area contributed by atoms with Gasteiger partial charge in [0.1, 0.15) is 0 Å². The fourth-order valence-corrected chi connectivity index (χ4v) is 1.28. The summed E-state index contributed by atoms with van der Waals surface area (Å²) >= 11 is 0. The lowest BCUT2D eigenvalue weighted by molar-refractivity contribution is 0.589. The zero-order valence-corrected chi connectivity index (χ0v) is 7.81. The second-order valence-electron chi connectivity index (χ2n) is 3.64. The normalized spacial score (nSPS) is 22.2. The Kier molecular flexibility index (Phi) is 2.03. The van der Waals surface area contributed by atoms with Gasteiger partial charge in [-0.05, 0) is 19.4 Å². The largest absolute Gasteiger partial charge is 0.0871 e. The van der Waals surface area contributed by atoms with Crippen molar-refractivity contribution in [3.8, 4) is 0 Å². The molecule has 0 unspecified atom stereocenters. The molecule has 0 radical (unpaired) electrons. The van der Waals surface area contributed by atoms with Crippen LogP contribution in [0.2, 0.25) is 0 Å². The molecular weight excluding hydrogens is 132 g/mol. The second-order valence-corrected chi connectivity index (χ2v) is 3.64. The van der Waals surface area contributed by atoms with Crippen LogP contribution in [0.25, 0.3) is 0 Å². The van der Waals surface area contributed by atoms with E-state index in [0.717, 1.165) is 0 Å². The van der Waals surface area contributed by atoms with Crippen molar-refractivity contribution >= 4 is 0 Å². The standard InChI is InChI=1S/C11H16/c1-5-6-10-7-8-11(3,4)9(10)2/h5-8H,1-4H3/b6-5-. The highest BCUT2D eigenvalue weighted by Gasteiger charge is 2.22. The minimum atomic E-state index is 0.273. The number of allylic oxidation sites excluding steroid dienone is 6. The smallest absolute Gasteiger partial charge is 0.00437 e. The Balaban J connectivity index is 2.99. The van der Waals surface area contributed by atoms with E-state index < -0.39 is 0 Å². The summed E-state index contributed by atoms with van der Waals surface area (Å²) in [5, 5.41) is 0. The number of rotatable bonds is 1. The average Bonchev–Trinajstić information content (AvgIpc) is 2.17. The van der Waals surface area contributed by atoms with Gasteiger partial charge in [-0.25, -0.2) is 0 Å². The summed E-state index contributed by atoms with van der Waals surface area (Å²) in [7, 11) is 0. The molecule has 0 heterocycles. The molecule has 11 heavy (non-hydrogen) atoms. The van der Waals surface area contributed by atoms with Crippen LogP contribution in [0.1, 0.15) is 27.7 Å². The highest BCUT2D eigenvalue weighted by atomic mass is 14.3. The van der Waals surface area contributed by atoms with Crippen molar-refractivity contribution in [3.63, 3.8) is 0 Å². The molecule has 0 fully saturated rings. The van der Waals surface area contributed by atoms with Crippen LogP contribution in [0.15, 0.2) is 35.5 Å². The quantitative estimate of drug-likeness (QED) is 0.534. The van der Waals surface area contributed by atoms with Gasteiger partial charge in [0, 0.05) is 5.41 Å². The first kappa shape index (κ1) is 8.32. The molecule has 0 amide bonds. The van der Waals surface area contributed by atoms with Crippen LogP contribution >= 0.6 is 0 Å². The van der Waals surface area contributed by atoms with Crippen molar-refractivity contribution in [2.24, 2.45) is 5.41 Å². The Hall–Kier alpha value is -0.780. The zero-order valence-electron chi connectivity index (χ0n) is 7.81. The molecule has 0 N–H and O–H groups in total. The third-order valence-electron chi connectivity index (χ3n) is 2.43. The predicted molar refractivity (Wildman–Crippen MR) is 50.4 cm³/mol.